The molecule has 0 fully saturated rings. The molecule has 0 aliphatic rings. The van der Waals surface area contributed by atoms with E-state index in [1.54, 1.807) is 0 Å². The average molecular weight is 373 g/mol. The van der Waals surface area contributed by atoms with Crippen LogP contribution in [0.1, 0.15) is 23.9 Å². The first kappa shape index (κ1) is 17.6. The number of amides is 1. The van der Waals surface area contributed by atoms with E-state index in [1.165, 1.54) is 17.4 Å². The normalized spacial score (nSPS) is 10.5. The molecule has 1 aromatic carbocycles. The van der Waals surface area contributed by atoms with E-state index in [9.17, 15) is 14.9 Å². The quantitative estimate of drug-likeness (QED) is 0.487. The highest BCUT2D eigenvalue weighted by atomic mass is 32.1. The van der Waals surface area contributed by atoms with E-state index in [0.29, 0.717) is 17.4 Å². The van der Waals surface area contributed by atoms with Gasteiger partial charge in [-0.05, 0) is 36.8 Å². The Morgan fingerprint density at radius 2 is 2.08 bits per heavy atom. The van der Waals surface area contributed by atoms with Crippen LogP contribution < -0.4 is 10.1 Å². The smallest absolute Gasteiger partial charge is 0.433 e. The van der Waals surface area contributed by atoms with Crippen LogP contribution in [-0.2, 0) is 0 Å². The van der Waals surface area contributed by atoms with Crippen molar-refractivity contribution in [1.82, 2.24) is 4.98 Å². The monoisotopic (exact) mass is 373 g/mol. The number of carbonyl (C=O) groups excluding carboxylic acids is 1. The molecule has 0 saturated carbocycles. The molecule has 0 atom stereocenters. The topological polar surface area (TPSA) is 108 Å². The van der Waals surface area contributed by atoms with Crippen LogP contribution in [0, 0.1) is 10.1 Å². The molecule has 8 nitrogen and oxygen atoms in total. The highest BCUT2D eigenvalue weighted by Crippen LogP contribution is 2.27. The summed E-state index contributed by atoms with van der Waals surface area (Å²) < 4.78 is 10.4. The summed E-state index contributed by atoms with van der Waals surface area (Å²) in [7, 11) is 0. The third kappa shape index (κ3) is 4.06. The maximum absolute atomic E-state index is 12.1. The molecule has 134 valence electrons. The van der Waals surface area contributed by atoms with Gasteiger partial charge in [-0.3, -0.25) is 20.2 Å². The second-order valence-corrected chi connectivity index (χ2v) is 6.12. The zero-order valence-electron chi connectivity index (χ0n) is 13.8. The summed E-state index contributed by atoms with van der Waals surface area (Å²) >= 11 is 1.25. The summed E-state index contributed by atoms with van der Waals surface area (Å²) in [5, 5.41) is 15.3. The van der Waals surface area contributed by atoms with Gasteiger partial charge >= 0.3 is 5.88 Å². The first-order chi connectivity index (χ1) is 12.6. The number of anilines is 1. The van der Waals surface area contributed by atoms with E-state index >= 15 is 0 Å². The van der Waals surface area contributed by atoms with E-state index in [4.69, 9.17) is 9.15 Å². The van der Waals surface area contributed by atoms with Gasteiger partial charge < -0.3 is 9.15 Å². The van der Waals surface area contributed by atoms with Crippen molar-refractivity contribution >= 4 is 28.3 Å². The molecule has 0 unspecified atom stereocenters. The highest BCUT2D eigenvalue weighted by Gasteiger charge is 2.18. The van der Waals surface area contributed by atoms with E-state index in [0.717, 1.165) is 23.8 Å². The number of hydrogen-bond donors (Lipinski definition) is 1. The number of furan rings is 1. The first-order valence-corrected chi connectivity index (χ1v) is 8.69. The van der Waals surface area contributed by atoms with Gasteiger partial charge in [0.25, 0.3) is 5.91 Å². The molecule has 2 heterocycles. The van der Waals surface area contributed by atoms with Crippen molar-refractivity contribution in [2.45, 2.75) is 13.3 Å². The molecule has 2 aromatic heterocycles. The van der Waals surface area contributed by atoms with Gasteiger partial charge in [0.05, 0.1) is 18.4 Å². The van der Waals surface area contributed by atoms with Crippen LogP contribution in [-0.4, -0.2) is 22.4 Å². The molecular weight excluding hydrogens is 358 g/mol. The van der Waals surface area contributed by atoms with Gasteiger partial charge in [0.1, 0.15) is 10.7 Å². The van der Waals surface area contributed by atoms with Crippen LogP contribution in [0.3, 0.4) is 0 Å². The lowest BCUT2D eigenvalue weighted by Gasteiger charge is -2.04. The molecule has 9 heteroatoms. The largest absolute Gasteiger partial charge is 0.494 e. The number of nitro groups is 1. The van der Waals surface area contributed by atoms with Gasteiger partial charge in [0.2, 0.25) is 0 Å². The van der Waals surface area contributed by atoms with Gasteiger partial charge in [-0.15, -0.1) is 11.3 Å². The van der Waals surface area contributed by atoms with Crippen molar-refractivity contribution in [2.24, 2.45) is 0 Å². The van der Waals surface area contributed by atoms with Crippen molar-refractivity contribution in [3.8, 4) is 17.0 Å². The number of nitrogens with zero attached hydrogens (tertiary/aromatic N) is 2. The molecular formula is C17H15N3O5S. The van der Waals surface area contributed by atoms with Gasteiger partial charge in [-0.1, -0.05) is 6.92 Å². The number of benzene rings is 1. The van der Waals surface area contributed by atoms with Crippen LogP contribution in [0.15, 0.2) is 46.2 Å². The van der Waals surface area contributed by atoms with Crippen molar-refractivity contribution in [3.63, 3.8) is 0 Å². The fraction of sp³-hybridized carbons (Fsp3) is 0.176. The predicted octanol–water partition coefficient (Wildman–Crippen LogP) is 4.35. The lowest BCUT2D eigenvalue weighted by Crippen LogP contribution is -2.10. The minimum atomic E-state index is -0.702. The zero-order valence-corrected chi connectivity index (χ0v) is 14.6. The Bertz CT molecular complexity index is 917. The van der Waals surface area contributed by atoms with E-state index in [1.807, 2.05) is 36.6 Å². The van der Waals surface area contributed by atoms with Gasteiger partial charge in [0, 0.05) is 10.9 Å². The molecule has 0 aliphatic carbocycles. The Hall–Kier alpha value is -3.20. The summed E-state index contributed by atoms with van der Waals surface area (Å²) in [4.78, 5) is 26.3. The number of thiazole rings is 1. The molecule has 1 amide bonds. The SMILES string of the molecule is CCCOc1ccc(-c2csc(NC(=O)c3ccc([N+](=O)[O-])o3)n2)cc1. The minimum absolute atomic E-state index is 0.147. The molecule has 0 spiro atoms. The second kappa shape index (κ2) is 7.79. The van der Waals surface area contributed by atoms with E-state index < -0.39 is 16.7 Å². The number of rotatable bonds is 7. The minimum Gasteiger partial charge on any atom is -0.494 e. The fourth-order valence-electron chi connectivity index (χ4n) is 2.11. The molecule has 0 radical (unpaired) electrons. The average Bonchev–Trinajstić information content (AvgIpc) is 3.30. The Labute approximate surface area is 152 Å². The van der Waals surface area contributed by atoms with Gasteiger partial charge in [-0.25, -0.2) is 4.98 Å². The van der Waals surface area contributed by atoms with Crippen molar-refractivity contribution in [1.29, 1.82) is 0 Å². The van der Waals surface area contributed by atoms with Crippen molar-refractivity contribution in [3.05, 3.63) is 57.7 Å². The second-order valence-electron chi connectivity index (χ2n) is 5.26. The summed E-state index contributed by atoms with van der Waals surface area (Å²) in [5.74, 6) is -0.438. The molecule has 0 saturated heterocycles. The number of aromatic nitrogens is 1. The number of carbonyl (C=O) groups is 1. The lowest BCUT2D eigenvalue weighted by molar-refractivity contribution is -0.402. The third-order valence-corrected chi connectivity index (χ3v) is 4.10. The van der Waals surface area contributed by atoms with Crippen LogP contribution in [0.4, 0.5) is 11.0 Å². The van der Waals surface area contributed by atoms with E-state index in [2.05, 4.69) is 10.3 Å². The number of nitrogens with one attached hydrogen (secondary N) is 1. The van der Waals surface area contributed by atoms with Gasteiger partial charge in [-0.2, -0.15) is 0 Å². The molecule has 1 N–H and O–H groups in total. The van der Waals surface area contributed by atoms with E-state index in [-0.39, 0.29) is 5.76 Å². The first-order valence-electron chi connectivity index (χ1n) is 7.81. The standard InChI is InChI=1S/C17H15N3O5S/c1-2-9-24-12-5-3-11(4-6-12)13-10-26-17(18-13)19-16(21)14-7-8-15(25-14)20(22)23/h3-8,10H,2,9H2,1H3,(H,18,19,21). The highest BCUT2D eigenvalue weighted by molar-refractivity contribution is 7.14. The Balaban J connectivity index is 1.67. The molecule has 3 rings (SSSR count). The summed E-state index contributed by atoms with van der Waals surface area (Å²) in [6.07, 6.45) is 0.940. The summed E-state index contributed by atoms with van der Waals surface area (Å²) in [5.41, 5.74) is 1.59. The maximum atomic E-state index is 12.1. The third-order valence-electron chi connectivity index (χ3n) is 3.34. The number of ether oxygens (including phenoxy) is 1. The van der Waals surface area contributed by atoms with Crippen LogP contribution in [0.2, 0.25) is 0 Å². The molecule has 26 heavy (non-hydrogen) atoms. The van der Waals surface area contributed by atoms with Crippen LogP contribution >= 0.6 is 11.3 Å². The Morgan fingerprint density at radius 3 is 2.73 bits per heavy atom. The fourth-order valence-corrected chi connectivity index (χ4v) is 2.83. The molecule has 0 aliphatic heterocycles. The molecule has 0 bridgehead atoms. The Kier molecular flexibility index (Phi) is 5.28. The lowest BCUT2D eigenvalue weighted by atomic mass is 10.2. The van der Waals surface area contributed by atoms with Crippen LogP contribution in [0.5, 0.6) is 5.75 Å². The van der Waals surface area contributed by atoms with Crippen LogP contribution in [0.25, 0.3) is 11.3 Å². The molecule has 3 aromatic rings. The summed E-state index contributed by atoms with van der Waals surface area (Å²) in [6, 6.07) is 9.89. The summed E-state index contributed by atoms with van der Waals surface area (Å²) in [6.45, 7) is 2.71. The predicted molar refractivity (Wildman–Crippen MR) is 96.7 cm³/mol. The van der Waals surface area contributed by atoms with Crippen molar-refractivity contribution in [2.75, 3.05) is 11.9 Å². The Morgan fingerprint density at radius 1 is 1.31 bits per heavy atom. The zero-order chi connectivity index (χ0) is 18.5. The van der Waals surface area contributed by atoms with Crippen molar-refractivity contribution < 1.29 is 18.9 Å². The maximum Gasteiger partial charge on any atom is 0.433 e. The number of hydrogen-bond acceptors (Lipinski definition) is 7. The van der Waals surface area contributed by atoms with Gasteiger partial charge in [0.15, 0.2) is 10.9 Å².